The first-order valence-corrected chi connectivity index (χ1v) is 8.75. The van der Waals surface area contributed by atoms with Crippen molar-refractivity contribution in [2.24, 2.45) is 5.41 Å². The number of hydrogen-bond donors (Lipinski definition) is 2. The number of carbonyl (C=O) groups excluding carboxylic acids is 1. The van der Waals surface area contributed by atoms with Crippen molar-refractivity contribution < 1.29 is 9.21 Å². The van der Waals surface area contributed by atoms with E-state index < -0.39 is 0 Å². The summed E-state index contributed by atoms with van der Waals surface area (Å²) in [6.45, 7) is 8.77. The lowest BCUT2D eigenvalue weighted by Crippen LogP contribution is -2.41. The Morgan fingerprint density at radius 3 is 2.96 bits per heavy atom. The third-order valence-electron chi connectivity index (χ3n) is 4.14. The van der Waals surface area contributed by atoms with Crippen molar-refractivity contribution in [3.05, 3.63) is 39.2 Å². The Morgan fingerprint density at radius 1 is 1.48 bits per heavy atom. The maximum Gasteiger partial charge on any atom is 0.315 e. The third kappa shape index (κ3) is 3.75. The molecule has 0 aliphatic heterocycles. The highest BCUT2D eigenvalue weighted by molar-refractivity contribution is 7.09. The molecule has 2 aromatic rings. The van der Waals surface area contributed by atoms with E-state index in [-0.39, 0.29) is 17.5 Å². The van der Waals surface area contributed by atoms with Crippen LogP contribution in [-0.2, 0) is 13.0 Å². The SMILES string of the molecule is Cc1cc2c(o1)CC(C)(C)CC2NC(=O)NCc1csc(C)n1. The Hall–Kier alpha value is -1.82. The molecule has 5 nitrogen and oxygen atoms in total. The van der Waals surface area contributed by atoms with E-state index in [1.54, 1.807) is 11.3 Å². The van der Waals surface area contributed by atoms with Gasteiger partial charge in [-0.2, -0.15) is 0 Å². The van der Waals surface area contributed by atoms with Gasteiger partial charge in [0.1, 0.15) is 11.5 Å². The molecular weight excluding hydrogens is 310 g/mol. The number of furan rings is 1. The molecule has 6 heteroatoms. The Morgan fingerprint density at radius 2 is 2.26 bits per heavy atom. The summed E-state index contributed by atoms with van der Waals surface area (Å²) >= 11 is 1.59. The zero-order valence-corrected chi connectivity index (χ0v) is 14.8. The van der Waals surface area contributed by atoms with Gasteiger partial charge in [-0.05, 0) is 31.7 Å². The minimum Gasteiger partial charge on any atom is -0.466 e. The largest absolute Gasteiger partial charge is 0.466 e. The molecule has 1 unspecified atom stereocenters. The molecule has 2 aromatic heterocycles. The lowest BCUT2D eigenvalue weighted by Gasteiger charge is -2.34. The first-order valence-electron chi connectivity index (χ1n) is 7.87. The number of hydrogen-bond acceptors (Lipinski definition) is 4. The van der Waals surface area contributed by atoms with Gasteiger partial charge in [-0.3, -0.25) is 0 Å². The number of carbonyl (C=O) groups is 1. The minimum absolute atomic E-state index is 0.0108. The van der Waals surface area contributed by atoms with Crippen LogP contribution in [0.4, 0.5) is 4.79 Å². The van der Waals surface area contributed by atoms with Gasteiger partial charge in [0, 0.05) is 17.4 Å². The van der Waals surface area contributed by atoms with Crippen LogP contribution >= 0.6 is 11.3 Å². The Kier molecular flexibility index (Phi) is 4.19. The van der Waals surface area contributed by atoms with Crippen molar-refractivity contribution in [1.82, 2.24) is 15.6 Å². The smallest absolute Gasteiger partial charge is 0.315 e. The number of thiazole rings is 1. The van der Waals surface area contributed by atoms with Gasteiger partial charge >= 0.3 is 6.03 Å². The lowest BCUT2D eigenvalue weighted by atomic mass is 9.75. The second-order valence-corrected chi connectivity index (χ2v) is 8.08. The molecule has 0 radical (unpaired) electrons. The van der Waals surface area contributed by atoms with Crippen LogP contribution < -0.4 is 10.6 Å². The number of urea groups is 1. The molecule has 3 rings (SSSR count). The summed E-state index contributed by atoms with van der Waals surface area (Å²) in [6, 6.07) is 1.87. The molecular formula is C17H23N3O2S. The fraction of sp³-hybridized carbons (Fsp3) is 0.529. The van der Waals surface area contributed by atoms with Crippen LogP contribution in [0.3, 0.4) is 0 Å². The lowest BCUT2D eigenvalue weighted by molar-refractivity contribution is 0.214. The summed E-state index contributed by atoms with van der Waals surface area (Å²) < 4.78 is 5.81. The van der Waals surface area contributed by atoms with Crippen LogP contribution in [0.5, 0.6) is 0 Å². The highest BCUT2D eigenvalue weighted by atomic mass is 32.1. The molecule has 0 saturated carbocycles. The number of nitrogens with one attached hydrogen (secondary N) is 2. The predicted octanol–water partition coefficient (Wildman–Crippen LogP) is 3.87. The van der Waals surface area contributed by atoms with Crippen molar-refractivity contribution >= 4 is 17.4 Å². The second kappa shape index (κ2) is 6.00. The van der Waals surface area contributed by atoms with Crippen LogP contribution in [0, 0.1) is 19.3 Å². The van der Waals surface area contributed by atoms with E-state index >= 15 is 0 Å². The van der Waals surface area contributed by atoms with Crippen LogP contribution in [0.1, 0.15) is 54.1 Å². The van der Waals surface area contributed by atoms with Gasteiger partial charge in [-0.15, -0.1) is 11.3 Å². The fourth-order valence-electron chi connectivity index (χ4n) is 3.18. The van der Waals surface area contributed by atoms with Crippen molar-refractivity contribution in [3.63, 3.8) is 0 Å². The monoisotopic (exact) mass is 333 g/mol. The van der Waals surface area contributed by atoms with E-state index in [0.717, 1.165) is 40.6 Å². The van der Waals surface area contributed by atoms with Crippen molar-refractivity contribution in [3.8, 4) is 0 Å². The molecule has 0 bridgehead atoms. The van der Waals surface area contributed by atoms with E-state index in [1.165, 1.54) is 0 Å². The highest BCUT2D eigenvalue weighted by Gasteiger charge is 2.35. The van der Waals surface area contributed by atoms with E-state index in [9.17, 15) is 4.79 Å². The predicted molar refractivity (Wildman–Crippen MR) is 90.5 cm³/mol. The van der Waals surface area contributed by atoms with Crippen LogP contribution in [0.15, 0.2) is 15.9 Å². The number of fused-ring (bicyclic) bond motifs is 1. The zero-order chi connectivity index (χ0) is 16.6. The Labute approximate surface area is 140 Å². The zero-order valence-electron chi connectivity index (χ0n) is 14.0. The summed E-state index contributed by atoms with van der Waals surface area (Å²) in [6.07, 6.45) is 1.82. The Bertz CT molecular complexity index is 717. The van der Waals surface area contributed by atoms with Gasteiger partial charge in [-0.25, -0.2) is 9.78 Å². The van der Waals surface area contributed by atoms with Gasteiger partial charge in [0.15, 0.2) is 0 Å². The molecule has 1 aliphatic carbocycles. The molecule has 0 fully saturated rings. The molecule has 0 spiro atoms. The summed E-state index contributed by atoms with van der Waals surface area (Å²) in [4.78, 5) is 16.6. The van der Waals surface area contributed by atoms with Crippen molar-refractivity contribution in [1.29, 1.82) is 0 Å². The normalized spacial score (nSPS) is 19.2. The van der Waals surface area contributed by atoms with E-state index in [4.69, 9.17) is 4.42 Å². The molecule has 124 valence electrons. The molecule has 23 heavy (non-hydrogen) atoms. The summed E-state index contributed by atoms with van der Waals surface area (Å²) in [5, 5.41) is 8.95. The van der Waals surface area contributed by atoms with Gasteiger partial charge in [0.05, 0.1) is 23.3 Å². The minimum atomic E-state index is -0.164. The maximum atomic E-state index is 12.2. The van der Waals surface area contributed by atoms with Crippen molar-refractivity contribution in [2.45, 2.75) is 53.1 Å². The first-order chi connectivity index (χ1) is 10.8. The van der Waals surface area contributed by atoms with Gasteiger partial charge < -0.3 is 15.1 Å². The standard InChI is InChI=1S/C17H23N3O2S/c1-10-5-13-14(6-17(3,4)7-15(13)22-10)20-16(21)18-8-12-9-23-11(2)19-12/h5,9,14H,6-8H2,1-4H3,(H2,18,20,21). The van der Waals surface area contributed by atoms with E-state index in [1.807, 2.05) is 25.3 Å². The van der Waals surface area contributed by atoms with E-state index in [2.05, 4.69) is 29.5 Å². The number of nitrogens with zero attached hydrogens (tertiary/aromatic N) is 1. The molecule has 2 amide bonds. The summed E-state index contributed by atoms with van der Waals surface area (Å²) in [5.41, 5.74) is 2.12. The topological polar surface area (TPSA) is 67.2 Å². The van der Waals surface area contributed by atoms with Crippen LogP contribution in [0.25, 0.3) is 0 Å². The first kappa shape index (κ1) is 16.1. The average molecular weight is 333 g/mol. The van der Waals surface area contributed by atoms with Crippen LogP contribution in [0.2, 0.25) is 0 Å². The molecule has 0 saturated heterocycles. The number of aryl methyl sites for hydroxylation is 2. The van der Waals surface area contributed by atoms with Crippen molar-refractivity contribution in [2.75, 3.05) is 0 Å². The maximum absolute atomic E-state index is 12.2. The molecule has 1 atom stereocenters. The van der Waals surface area contributed by atoms with Gasteiger partial charge in [0.25, 0.3) is 0 Å². The highest BCUT2D eigenvalue weighted by Crippen LogP contribution is 2.41. The quantitative estimate of drug-likeness (QED) is 0.896. The average Bonchev–Trinajstić information content (AvgIpc) is 3.00. The van der Waals surface area contributed by atoms with Crippen LogP contribution in [-0.4, -0.2) is 11.0 Å². The molecule has 1 aliphatic rings. The molecule has 0 aromatic carbocycles. The summed E-state index contributed by atoms with van der Waals surface area (Å²) in [7, 11) is 0. The molecule has 2 heterocycles. The van der Waals surface area contributed by atoms with Gasteiger partial charge in [0.2, 0.25) is 0 Å². The number of rotatable bonds is 3. The van der Waals surface area contributed by atoms with Gasteiger partial charge in [-0.1, -0.05) is 13.8 Å². The second-order valence-electron chi connectivity index (χ2n) is 7.02. The molecule has 2 N–H and O–H groups in total. The third-order valence-corrected chi connectivity index (χ3v) is 4.96. The Balaban J connectivity index is 1.65. The van der Waals surface area contributed by atoms with E-state index in [0.29, 0.717) is 6.54 Å². The summed E-state index contributed by atoms with van der Waals surface area (Å²) in [5.74, 6) is 1.90. The fourth-order valence-corrected chi connectivity index (χ4v) is 3.80. The number of aromatic nitrogens is 1. The number of amides is 2.